The summed E-state index contributed by atoms with van der Waals surface area (Å²) in [5.41, 5.74) is 2.96. The smallest absolute Gasteiger partial charge is 0.243 e. The molecule has 0 aromatic heterocycles. The van der Waals surface area contributed by atoms with Crippen molar-refractivity contribution in [3.8, 4) is 5.75 Å². The van der Waals surface area contributed by atoms with Gasteiger partial charge in [-0.3, -0.25) is 9.59 Å². The number of amides is 2. The SMILES string of the molecule is COc1ccc(CNC(=O)[C@@H](Cc2ccccc2)N(Cc2ccc(F)cc2)C(=O)CN(Cc2ccccc2)S(C)(=O)=O)cc1. The molecule has 0 aliphatic rings. The predicted octanol–water partition coefficient (Wildman–Crippen LogP) is 4.55. The Labute approximate surface area is 258 Å². The van der Waals surface area contributed by atoms with E-state index in [1.807, 2.05) is 48.5 Å². The van der Waals surface area contributed by atoms with E-state index in [4.69, 9.17) is 4.74 Å². The van der Waals surface area contributed by atoms with Crippen LogP contribution in [0.2, 0.25) is 0 Å². The van der Waals surface area contributed by atoms with Gasteiger partial charge in [-0.2, -0.15) is 4.31 Å². The van der Waals surface area contributed by atoms with Gasteiger partial charge >= 0.3 is 0 Å². The summed E-state index contributed by atoms with van der Waals surface area (Å²) in [4.78, 5) is 29.4. The second-order valence-corrected chi connectivity index (χ2v) is 12.4. The van der Waals surface area contributed by atoms with Crippen LogP contribution in [0.5, 0.6) is 5.75 Å². The molecule has 0 aliphatic heterocycles. The van der Waals surface area contributed by atoms with Crippen LogP contribution in [0.25, 0.3) is 0 Å². The number of carbonyl (C=O) groups excluding carboxylic acids is 2. The lowest BCUT2D eigenvalue weighted by Crippen LogP contribution is -2.53. The van der Waals surface area contributed by atoms with Gasteiger partial charge in [-0.25, -0.2) is 12.8 Å². The number of methoxy groups -OCH3 is 1. The third-order valence-corrected chi connectivity index (χ3v) is 8.34. The lowest BCUT2D eigenvalue weighted by atomic mass is 10.0. The zero-order valence-corrected chi connectivity index (χ0v) is 25.5. The number of halogens is 1. The van der Waals surface area contributed by atoms with E-state index in [9.17, 15) is 22.4 Å². The lowest BCUT2D eigenvalue weighted by Gasteiger charge is -2.33. The van der Waals surface area contributed by atoms with Gasteiger partial charge in [0, 0.05) is 26.1 Å². The molecular formula is C34H36FN3O5S. The van der Waals surface area contributed by atoms with Crippen molar-refractivity contribution in [2.45, 2.75) is 32.1 Å². The Morgan fingerprint density at radius 1 is 0.773 bits per heavy atom. The minimum atomic E-state index is -3.80. The topological polar surface area (TPSA) is 96.0 Å². The number of sulfonamides is 1. The third kappa shape index (κ3) is 9.48. The van der Waals surface area contributed by atoms with E-state index in [0.29, 0.717) is 16.9 Å². The molecule has 0 heterocycles. The maximum absolute atomic E-state index is 14.1. The molecule has 0 aliphatic carbocycles. The Balaban J connectivity index is 1.66. The monoisotopic (exact) mass is 617 g/mol. The minimum Gasteiger partial charge on any atom is -0.497 e. The first kappa shape index (κ1) is 32.4. The number of carbonyl (C=O) groups is 2. The van der Waals surface area contributed by atoms with Crippen LogP contribution >= 0.6 is 0 Å². The van der Waals surface area contributed by atoms with Gasteiger partial charge in [0.2, 0.25) is 21.8 Å². The number of ether oxygens (including phenoxy) is 1. The van der Waals surface area contributed by atoms with Crippen LogP contribution in [-0.2, 0) is 45.7 Å². The van der Waals surface area contributed by atoms with Gasteiger partial charge in [0.25, 0.3) is 0 Å². The Kier molecular flexibility index (Phi) is 11.2. The zero-order chi connectivity index (χ0) is 31.5. The van der Waals surface area contributed by atoms with Crippen LogP contribution in [0.1, 0.15) is 22.3 Å². The summed E-state index contributed by atoms with van der Waals surface area (Å²) >= 11 is 0. The standard InChI is InChI=1S/C34H36FN3O5S/c1-43-31-19-15-27(16-20-31)22-36-34(40)32(21-26-9-5-3-6-10-26)38(24-29-13-17-30(35)18-14-29)33(39)25-37(44(2,41)42)23-28-11-7-4-8-12-28/h3-20,32H,21-25H2,1-2H3,(H,36,40)/t32-/m1/s1. The van der Waals surface area contributed by atoms with Crippen molar-refractivity contribution >= 4 is 21.8 Å². The summed E-state index contributed by atoms with van der Waals surface area (Å²) in [5, 5.41) is 2.94. The van der Waals surface area contributed by atoms with Gasteiger partial charge in [0.15, 0.2) is 0 Å². The van der Waals surface area contributed by atoms with E-state index in [0.717, 1.165) is 21.7 Å². The van der Waals surface area contributed by atoms with Crippen molar-refractivity contribution in [1.29, 1.82) is 0 Å². The summed E-state index contributed by atoms with van der Waals surface area (Å²) < 4.78 is 45.7. The van der Waals surface area contributed by atoms with Gasteiger partial charge in [-0.05, 0) is 46.5 Å². The number of hydrogen-bond acceptors (Lipinski definition) is 5. The van der Waals surface area contributed by atoms with Crippen LogP contribution in [0.15, 0.2) is 109 Å². The molecule has 4 rings (SSSR count). The van der Waals surface area contributed by atoms with Crippen LogP contribution in [0, 0.1) is 5.82 Å². The molecule has 2 amide bonds. The van der Waals surface area contributed by atoms with Crippen molar-refractivity contribution in [1.82, 2.24) is 14.5 Å². The molecule has 0 spiro atoms. The largest absolute Gasteiger partial charge is 0.497 e. The molecule has 0 fully saturated rings. The number of nitrogens with zero attached hydrogens (tertiary/aromatic N) is 2. The molecule has 44 heavy (non-hydrogen) atoms. The molecule has 0 unspecified atom stereocenters. The van der Waals surface area contributed by atoms with Crippen LogP contribution in [0.4, 0.5) is 4.39 Å². The van der Waals surface area contributed by atoms with Crippen molar-refractivity contribution in [2.24, 2.45) is 0 Å². The molecular weight excluding hydrogens is 581 g/mol. The quantitative estimate of drug-likeness (QED) is 0.224. The van der Waals surface area contributed by atoms with Crippen molar-refractivity contribution in [3.05, 3.63) is 137 Å². The Morgan fingerprint density at radius 3 is 1.89 bits per heavy atom. The Hall–Kier alpha value is -4.54. The molecule has 10 heteroatoms. The maximum Gasteiger partial charge on any atom is 0.243 e. The first-order chi connectivity index (χ1) is 21.1. The molecule has 1 atom stereocenters. The highest BCUT2D eigenvalue weighted by Crippen LogP contribution is 2.18. The van der Waals surface area contributed by atoms with Crippen molar-refractivity contribution in [3.63, 3.8) is 0 Å². The summed E-state index contributed by atoms with van der Waals surface area (Å²) in [5.74, 6) is -0.717. The van der Waals surface area contributed by atoms with Gasteiger partial charge in [0.1, 0.15) is 17.6 Å². The summed E-state index contributed by atoms with van der Waals surface area (Å²) in [6, 6.07) is 30.2. The van der Waals surface area contributed by atoms with Gasteiger partial charge in [-0.1, -0.05) is 84.9 Å². The fourth-order valence-electron chi connectivity index (χ4n) is 4.71. The summed E-state index contributed by atoms with van der Waals surface area (Å²) in [7, 11) is -2.23. The molecule has 4 aromatic rings. The second-order valence-electron chi connectivity index (χ2n) is 10.4. The number of hydrogen-bond donors (Lipinski definition) is 1. The predicted molar refractivity (Wildman–Crippen MR) is 167 cm³/mol. The molecule has 230 valence electrons. The maximum atomic E-state index is 14.1. The molecule has 8 nitrogen and oxygen atoms in total. The molecule has 1 N–H and O–H groups in total. The average molecular weight is 618 g/mol. The van der Waals surface area contributed by atoms with E-state index in [1.165, 1.54) is 17.0 Å². The summed E-state index contributed by atoms with van der Waals surface area (Å²) in [6.07, 6.45) is 1.23. The van der Waals surface area contributed by atoms with Crippen LogP contribution in [0.3, 0.4) is 0 Å². The zero-order valence-electron chi connectivity index (χ0n) is 24.7. The van der Waals surface area contributed by atoms with E-state index in [2.05, 4.69) is 5.32 Å². The van der Waals surface area contributed by atoms with E-state index >= 15 is 0 Å². The van der Waals surface area contributed by atoms with Crippen LogP contribution < -0.4 is 10.1 Å². The highest BCUT2D eigenvalue weighted by Gasteiger charge is 2.33. The number of benzene rings is 4. The van der Waals surface area contributed by atoms with E-state index < -0.39 is 40.2 Å². The number of nitrogens with one attached hydrogen (secondary N) is 1. The molecule has 0 saturated carbocycles. The molecule has 0 radical (unpaired) electrons. The molecule has 4 aromatic carbocycles. The van der Waals surface area contributed by atoms with E-state index in [-0.39, 0.29) is 26.1 Å². The highest BCUT2D eigenvalue weighted by atomic mass is 32.2. The fraction of sp³-hybridized carbons (Fsp3) is 0.235. The fourth-order valence-corrected chi connectivity index (χ4v) is 5.44. The van der Waals surface area contributed by atoms with Gasteiger partial charge in [0.05, 0.1) is 19.9 Å². The van der Waals surface area contributed by atoms with Gasteiger partial charge in [-0.15, -0.1) is 0 Å². The lowest BCUT2D eigenvalue weighted by molar-refractivity contribution is -0.141. The summed E-state index contributed by atoms with van der Waals surface area (Å²) in [6.45, 7) is -0.319. The Morgan fingerprint density at radius 2 is 1.32 bits per heavy atom. The van der Waals surface area contributed by atoms with E-state index in [1.54, 1.807) is 55.6 Å². The number of rotatable bonds is 14. The minimum absolute atomic E-state index is 0.0111. The molecule has 0 saturated heterocycles. The highest BCUT2D eigenvalue weighted by molar-refractivity contribution is 7.88. The van der Waals surface area contributed by atoms with Crippen molar-refractivity contribution in [2.75, 3.05) is 19.9 Å². The first-order valence-electron chi connectivity index (χ1n) is 14.1. The third-order valence-electron chi connectivity index (χ3n) is 7.15. The van der Waals surface area contributed by atoms with Gasteiger partial charge < -0.3 is 15.0 Å². The normalized spacial score (nSPS) is 12.0. The second kappa shape index (κ2) is 15.3. The molecule has 0 bridgehead atoms. The first-order valence-corrected chi connectivity index (χ1v) is 15.9. The van der Waals surface area contributed by atoms with Crippen molar-refractivity contribution < 1.29 is 27.1 Å². The Bertz CT molecular complexity index is 1620. The van der Waals surface area contributed by atoms with Crippen LogP contribution in [-0.4, -0.2) is 55.4 Å². The average Bonchev–Trinajstić information content (AvgIpc) is 3.03.